The van der Waals surface area contributed by atoms with E-state index in [1.165, 1.54) is 11.3 Å². The van der Waals surface area contributed by atoms with Crippen LogP contribution < -0.4 is 10.6 Å². The lowest BCUT2D eigenvalue weighted by Gasteiger charge is -2.08. The van der Waals surface area contributed by atoms with Crippen LogP contribution in [0.4, 0.5) is 25.0 Å². The smallest absolute Gasteiger partial charge is 0.323 e. The quantitative estimate of drug-likeness (QED) is 0.492. The highest BCUT2D eigenvalue weighted by Gasteiger charge is 2.09. The number of halogens is 2. The standard InChI is InChI=1S/C17H11F2N5OS/c18-9-3-10(19)5-12(4-9)22-17(25)21-11-1-2-13-14(6-11)24-16(23-13)15-7-26-8-20-15/h1-8H,(H,23,24)(H2,21,22,25). The van der Waals surface area contributed by atoms with Gasteiger partial charge in [-0.3, -0.25) is 0 Å². The van der Waals surface area contributed by atoms with Crippen molar-refractivity contribution in [1.82, 2.24) is 15.0 Å². The minimum Gasteiger partial charge on any atom is -0.337 e. The van der Waals surface area contributed by atoms with Gasteiger partial charge in [-0.2, -0.15) is 0 Å². The molecule has 2 heterocycles. The Kier molecular flexibility index (Phi) is 4.05. The number of H-pyrrole nitrogens is 1. The van der Waals surface area contributed by atoms with Crippen LogP contribution in [0.15, 0.2) is 47.3 Å². The van der Waals surface area contributed by atoms with Gasteiger partial charge in [-0.1, -0.05) is 0 Å². The molecule has 2 amide bonds. The van der Waals surface area contributed by atoms with Crippen LogP contribution in [-0.2, 0) is 0 Å². The van der Waals surface area contributed by atoms with E-state index in [0.717, 1.165) is 34.9 Å². The number of carbonyl (C=O) groups is 1. The Morgan fingerprint density at radius 1 is 1.04 bits per heavy atom. The molecule has 6 nitrogen and oxygen atoms in total. The summed E-state index contributed by atoms with van der Waals surface area (Å²) in [5.74, 6) is -0.902. The highest BCUT2D eigenvalue weighted by Crippen LogP contribution is 2.23. The zero-order chi connectivity index (χ0) is 18.1. The van der Waals surface area contributed by atoms with Crippen LogP contribution in [0.3, 0.4) is 0 Å². The Hall–Kier alpha value is -3.33. The number of rotatable bonds is 3. The molecule has 0 aliphatic carbocycles. The average molecular weight is 371 g/mol. The summed E-state index contributed by atoms with van der Waals surface area (Å²) in [5.41, 5.74) is 4.43. The van der Waals surface area contributed by atoms with Crippen molar-refractivity contribution in [2.45, 2.75) is 0 Å². The van der Waals surface area contributed by atoms with E-state index in [-0.39, 0.29) is 5.69 Å². The number of nitrogens with one attached hydrogen (secondary N) is 3. The zero-order valence-electron chi connectivity index (χ0n) is 13.1. The third-order valence-electron chi connectivity index (χ3n) is 3.54. The van der Waals surface area contributed by atoms with E-state index in [9.17, 15) is 13.6 Å². The fraction of sp³-hybridized carbons (Fsp3) is 0. The molecule has 2 aromatic carbocycles. The second-order valence-electron chi connectivity index (χ2n) is 5.43. The molecule has 0 saturated heterocycles. The van der Waals surface area contributed by atoms with Gasteiger partial charge < -0.3 is 15.6 Å². The normalized spacial score (nSPS) is 10.8. The van der Waals surface area contributed by atoms with E-state index < -0.39 is 17.7 Å². The van der Waals surface area contributed by atoms with Crippen molar-refractivity contribution in [3.63, 3.8) is 0 Å². The number of thiazole rings is 1. The number of hydrogen-bond acceptors (Lipinski definition) is 4. The van der Waals surface area contributed by atoms with Gasteiger partial charge >= 0.3 is 6.03 Å². The van der Waals surface area contributed by atoms with Crippen molar-refractivity contribution in [2.75, 3.05) is 10.6 Å². The van der Waals surface area contributed by atoms with Gasteiger partial charge in [0, 0.05) is 22.8 Å². The van der Waals surface area contributed by atoms with Crippen LogP contribution >= 0.6 is 11.3 Å². The minimum atomic E-state index is -0.770. The number of urea groups is 1. The maximum absolute atomic E-state index is 13.2. The van der Waals surface area contributed by atoms with Crippen LogP contribution in [0.2, 0.25) is 0 Å². The SMILES string of the molecule is O=C(Nc1cc(F)cc(F)c1)Nc1ccc2nc(-c3cscn3)[nH]c2c1. The van der Waals surface area contributed by atoms with Gasteiger partial charge in [0.05, 0.1) is 16.5 Å². The predicted molar refractivity (Wildman–Crippen MR) is 96.2 cm³/mol. The van der Waals surface area contributed by atoms with Crippen LogP contribution in [0.1, 0.15) is 0 Å². The minimum absolute atomic E-state index is 0.0217. The molecular weight excluding hydrogens is 360 g/mol. The Bertz CT molecular complexity index is 1070. The van der Waals surface area contributed by atoms with Crippen LogP contribution in [-0.4, -0.2) is 21.0 Å². The van der Waals surface area contributed by atoms with Gasteiger partial charge in [0.15, 0.2) is 5.82 Å². The maximum Gasteiger partial charge on any atom is 0.323 e. The molecule has 4 aromatic rings. The van der Waals surface area contributed by atoms with Gasteiger partial charge in [-0.05, 0) is 30.3 Å². The molecule has 0 bridgehead atoms. The predicted octanol–water partition coefficient (Wildman–Crippen LogP) is 4.61. The highest BCUT2D eigenvalue weighted by molar-refractivity contribution is 7.07. The molecule has 0 aliphatic heterocycles. The van der Waals surface area contributed by atoms with Crippen molar-refractivity contribution < 1.29 is 13.6 Å². The van der Waals surface area contributed by atoms with Crippen LogP contribution in [0.25, 0.3) is 22.6 Å². The maximum atomic E-state index is 13.2. The first kappa shape index (κ1) is 16.2. The van der Waals surface area contributed by atoms with E-state index in [2.05, 4.69) is 25.6 Å². The fourth-order valence-electron chi connectivity index (χ4n) is 2.46. The van der Waals surface area contributed by atoms with E-state index in [0.29, 0.717) is 11.5 Å². The van der Waals surface area contributed by atoms with E-state index in [4.69, 9.17) is 0 Å². The Balaban J connectivity index is 1.52. The first-order valence-corrected chi connectivity index (χ1v) is 8.43. The lowest BCUT2D eigenvalue weighted by atomic mass is 10.3. The monoisotopic (exact) mass is 371 g/mol. The summed E-state index contributed by atoms with van der Waals surface area (Å²) in [6, 6.07) is 7.31. The number of amides is 2. The molecule has 0 radical (unpaired) electrons. The third-order valence-corrected chi connectivity index (χ3v) is 4.12. The number of fused-ring (bicyclic) bond motifs is 1. The number of benzene rings is 2. The molecule has 9 heteroatoms. The number of anilines is 2. The molecule has 0 aliphatic rings. The van der Waals surface area contributed by atoms with Crippen molar-refractivity contribution in [3.05, 3.63) is 58.9 Å². The molecule has 0 atom stereocenters. The first-order chi connectivity index (χ1) is 12.6. The molecule has 4 rings (SSSR count). The molecule has 0 spiro atoms. The number of imidazole rings is 1. The fourth-order valence-corrected chi connectivity index (χ4v) is 2.99. The Morgan fingerprint density at radius 3 is 2.54 bits per heavy atom. The second kappa shape index (κ2) is 6.52. The second-order valence-corrected chi connectivity index (χ2v) is 6.15. The number of aromatic nitrogens is 3. The molecule has 3 N–H and O–H groups in total. The highest BCUT2D eigenvalue weighted by atomic mass is 32.1. The van der Waals surface area contributed by atoms with Gasteiger partial charge in [0.25, 0.3) is 0 Å². The van der Waals surface area contributed by atoms with Gasteiger partial charge in [-0.25, -0.2) is 23.5 Å². The molecule has 0 fully saturated rings. The largest absolute Gasteiger partial charge is 0.337 e. The molecule has 2 aromatic heterocycles. The van der Waals surface area contributed by atoms with Crippen LogP contribution in [0.5, 0.6) is 0 Å². The summed E-state index contributed by atoms with van der Waals surface area (Å²) in [4.78, 5) is 23.8. The summed E-state index contributed by atoms with van der Waals surface area (Å²) in [7, 11) is 0. The average Bonchev–Trinajstić information content (AvgIpc) is 3.22. The summed E-state index contributed by atoms with van der Waals surface area (Å²) >= 11 is 1.47. The molecule has 0 unspecified atom stereocenters. The van der Waals surface area contributed by atoms with Crippen molar-refractivity contribution in [3.8, 4) is 11.5 Å². The topological polar surface area (TPSA) is 82.7 Å². The molecule has 26 heavy (non-hydrogen) atoms. The van der Waals surface area contributed by atoms with Crippen molar-refractivity contribution in [1.29, 1.82) is 0 Å². The van der Waals surface area contributed by atoms with Gasteiger partial charge in [-0.15, -0.1) is 11.3 Å². The van der Waals surface area contributed by atoms with Gasteiger partial charge in [0.2, 0.25) is 0 Å². The summed E-state index contributed by atoms with van der Waals surface area (Å²) in [6.07, 6.45) is 0. The van der Waals surface area contributed by atoms with E-state index in [1.807, 2.05) is 5.38 Å². The Labute approximate surface area is 149 Å². The molecular formula is C17H11F2N5OS. The zero-order valence-corrected chi connectivity index (χ0v) is 13.9. The number of hydrogen-bond donors (Lipinski definition) is 3. The lowest BCUT2D eigenvalue weighted by molar-refractivity contribution is 0.262. The van der Waals surface area contributed by atoms with E-state index >= 15 is 0 Å². The third kappa shape index (κ3) is 3.38. The number of aromatic amines is 1. The number of nitrogens with zero attached hydrogens (tertiary/aromatic N) is 2. The van der Waals surface area contributed by atoms with Gasteiger partial charge in [0.1, 0.15) is 17.3 Å². The first-order valence-electron chi connectivity index (χ1n) is 7.49. The number of carbonyl (C=O) groups excluding carboxylic acids is 1. The Morgan fingerprint density at radius 2 is 1.81 bits per heavy atom. The van der Waals surface area contributed by atoms with E-state index in [1.54, 1.807) is 23.7 Å². The van der Waals surface area contributed by atoms with Crippen LogP contribution in [0, 0.1) is 11.6 Å². The lowest BCUT2D eigenvalue weighted by Crippen LogP contribution is -2.19. The summed E-state index contributed by atoms with van der Waals surface area (Å²) in [5, 5.41) is 6.87. The molecule has 130 valence electrons. The summed E-state index contributed by atoms with van der Waals surface area (Å²) < 4.78 is 26.3. The van der Waals surface area contributed by atoms with Crippen molar-refractivity contribution in [2.24, 2.45) is 0 Å². The summed E-state index contributed by atoms with van der Waals surface area (Å²) in [6.45, 7) is 0. The molecule has 0 saturated carbocycles. The van der Waals surface area contributed by atoms with Crippen molar-refractivity contribution >= 4 is 39.8 Å².